The van der Waals surface area contributed by atoms with Crippen molar-refractivity contribution in [1.29, 1.82) is 0 Å². The van der Waals surface area contributed by atoms with Crippen molar-refractivity contribution >= 4 is 0 Å². The molecule has 0 radical (unpaired) electrons. The molecule has 0 aliphatic heterocycles. The van der Waals surface area contributed by atoms with Crippen LogP contribution in [-0.2, 0) is 4.74 Å². The summed E-state index contributed by atoms with van der Waals surface area (Å²) in [7, 11) is 3.75. The number of ether oxygens (including phenoxy) is 1. The number of hydrogen-bond donors (Lipinski definition) is 1. The Labute approximate surface area is 99.8 Å². The van der Waals surface area contributed by atoms with Crippen LogP contribution in [0.15, 0.2) is 0 Å². The van der Waals surface area contributed by atoms with Gasteiger partial charge in [0.05, 0.1) is 12.7 Å². The predicted molar refractivity (Wildman–Crippen MR) is 66.5 cm³/mol. The normalized spacial score (nSPS) is 33.0. The Morgan fingerprint density at radius 1 is 1.25 bits per heavy atom. The zero-order valence-electron chi connectivity index (χ0n) is 11.1. The van der Waals surface area contributed by atoms with Crippen molar-refractivity contribution in [2.45, 2.75) is 45.3 Å². The van der Waals surface area contributed by atoms with E-state index in [1.807, 2.05) is 0 Å². The molecule has 0 amide bonds. The smallest absolute Gasteiger partial charge is 0.0900 e. The summed E-state index contributed by atoms with van der Waals surface area (Å²) in [5, 5.41) is 9.72. The van der Waals surface area contributed by atoms with E-state index < -0.39 is 0 Å². The number of methoxy groups -OCH3 is 1. The van der Waals surface area contributed by atoms with Gasteiger partial charge in [-0.2, -0.15) is 0 Å². The average molecular weight is 229 g/mol. The maximum Gasteiger partial charge on any atom is 0.0900 e. The maximum absolute atomic E-state index is 9.72. The van der Waals surface area contributed by atoms with E-state index in [0.717, 1.165) is 18.4 Å². The molecule has 96 valence electrons. The molecule has 0 spiro atoms. The Hall–Kier alpha value is -0.120. The predicted octanol–water partition coefficient (Wildman–Crippen LogP) is 1.75. The molecule has 1 fully saturated rings. The van der Waals surface area contributed by atoms with Gasteiger partial charge in [-0.15, -0.1) is 0 Å². The minimum Gasteiger partial charge on any atom is -0.389 e. The zero-order valence-corrected chi connectivity index (χ0v) is 11.1. The molecule has 4 atom stereocenters. The van der Waals surface area contributed by atoms with E-state index >= 15 is 0 Å². The molecule has 0 bridgehead atoms. The van der Waals surface area contributed by atoms with Gasteiger partial charge in [0.1, 0.15) is 0 Å². The molecule has 0 aromatic rings. The van der Waals surface area contributed by atoms with Gasteiger partial charge in [0.25, 0.3) is 0 Å². The molecule has 1 saturated carbocycles. The second kappa shape index (κ2) is 6.58. The lowest BCUT2D eigenvalue weighted by Gasteiger charge is -2.38. The van der Waals surface area contributed by atoms with E-state index in [1.54, 1.807) is 7.11 Å². The molecule has 1 unspecified atom stereocenters. The van der Waals surface area contributed by atoms with Crippen LogP contribution in [-0.4, -0.2) is 49.5 Å². The van der Waals surface area contributed by atoms with E-state index in [1.165, 1.54) is 19.3 Å². The highest BCUT2D eigenvalue weighted by atomic mass is 16.5. The lowest BCUT2D eigenvalue weighted by molar-refractivity contribution is 0.0232. The van der Waals surface area contributed by atoms with Gasteiger partial charge in [-0.3, -0.25) is 0 Å². The Morgan fingerprint density at radius 3 is 2.31 bits per heavy atom. The van der Waals surface area contributed by atoms with Crippen LogP contribution in [0.3, 0.4) is 0 Å². The molecule has 16 heavy (non-hydrogen) atoms. The number of aliphatic hydroxyl groups is 1. The highest BCUT2D eigenvalue weighted by molar-refractivity contribution is 4.81. The Kier molecular flexibility index (Phi) is 5.73. The highest BCUT2D eigenvalue weighted by Gasteiger charge is 2.27. The van der Waals surface area contributed by atoms with Crippen molar-refractivity contribution < 1.29 is 9.84 Å². The number of rotatable bonds is 5. The first-order valence-corrected chi connectivity index (χ1v) is 6.40. The monoisotopic (exact) mass is 229 g/mol. The summed E-state index contributed by atoms with van der Waals surface area (Å²) < 4.78 is 4.96. The van der Waals surface area contributed by atoms with E-state index in [0.29, 0.717) is 12.6 Å². The molecular formula is C13H27NO2. The van der Waals surface area contributed by atoms with Crippen molar-refractivity contribution in [2.75, 3.05) is 27.3 Å². The van der Waals surface area contributed by atoms with Gasteiger partial charge in [-0.05, 0) is 38.1 Å². The van der Waals surface area contributed by atoms with Crippen LogP contribution < -0.4 is 0 Å². The van der Waals surface area contributed by atoms with Crippen LogP contribution in [0.2, 0.25) is 0 Å². The topological polar surface area (TPSA) is 32.7 Å². The second-order valence-corrected chi connectivity index (χ2v) is 5.62. The summed E-state index contributed by atoms with van der Waals surface area (Å²) in [5.41, 5.74) is 0. The summed E-state index contributed by atoms with van der Waals surface area (Å²) in [6.07, 6.45) is 3.52. The van der Waals surface area contributed by atoms with Crippen molar-refractivity contribution in [3.63, 3.8) is 0 Å². The van der Waals surface area contributed by atoms with E-state index in [-0.39, 0.29) is 6.10 Å². The quantitative estimate of drug-likeness (QED) is 0.779. The number of hydrogen-bond acceptors (Lipinski definition) is 3. The standard InChI is InChI=1S/C13H27NO2/c1-10-5-11(2)7-12(6-10)14(3)8-13(15)9-16-4/h10-13,15H,5-9H2,1-4H3/t10-,11+,12?,13-/m0/s1. The first-order valence-electron chi connectivity index (χ1n) is 6.40. The fourth-order valence-electron chi connectivity index (χ4n) is 2.99. The lowest BCUT2D eigenvalue weighted by atomic mass is 9.80. The van der Waals surface area contributed by atoms with Crippen LogP contribution in [0, 0.1) is 11.8 Å². The Balaban J connectivity index is 2.37. The van der Waals surface area contributed by atoms with Gasteiger partial charge < -0.3 is 14.7 Å². The molecule has 3 heteroatoms. The van der Waals surface area contributed by atoms with Crippen molar-refractivity contribution in [3.05, 3.63) is 0 Å². The summed E-state index contributed by atoms with van der Waals surface area (Å²) in [4.78, 5) is 2.30. The van der Waals surface area contributed by atoms with Crippen molar-refractivity contribution in [3.8, 4) is 0 Å². The molecule has 1 aliphatic carbocycles. The molecule has 0 aromatic heterocycles. The fraction of sp³-hybridized carbons (Fsp3) is 1.00. The summed E-state index contributed by atoms with van der Waals surface area (Å²) >= 11 is 0. The van der Waals surface area contributed by atoms with Crippen LogP contribution in [0.4, 0.5) is 0 Å². The van der Waals surface area contributed by atoms with Crippen molar-refractivity contribution in [1.82, 2.24) is 4.90 Å². The molecule has 0 saturated heterocycles. The molecule has 0 aromatic carbocycles. The third kappa shape index (κ3) is 4.40. The van der Waals surface area contributed by atoms with Crippen LogP contribution in [0.1, 0.15) is 33.1 Å². The van der Waals surface area contributed by atoms with E-state index in [9.17, 15) is 5.11 Å². The Morgan fingerprint density at radius 2 is 1.81 bits per heavy atom. The first-order chi connectivity index (χ1) is 7.52. The molecule has 1 aliphatic rings. The molecular weight excluding hydrogens is 202 g/mol. The lowest BCUT2D eigenvalue weighted by Crippen LogP contribution is -2.42. The number of likely N-dealkylation sites (N-methyl/N-ethyl adjacent to an activating group) is 1. The van der Waals surface area contributed by atoms with Gasteiger partial charge in [0, 0.05) is 19.7 Å². The minimum atomic E-state index is -0.359. The summed E-state index contributed by atoms with van der Waals surface area (Å²) in [6, 6.07) is 0.630. The van der Waals surface area contributed by atoms with Gasteiger partial charge in [-0.1, -0.05) is 13.8 Å². The van der Waals surface area contributed by atoms with Gasteiger partial charge in [0.2, 0.25) is 0 Å². The van der Waals surface area contributed by atoms with E-state index in [2.05, 4.69) is 25.8 Å². The largest absolute Gasteiger partial charge is 0.389 e. The third-order valence-corrected chi connectivity index (χ3v) is 3.63. The van der Waals surface area contributed by atoms with E-state index in [4.69, 9.17) is 4.74 Å². The van der Waals surface area contributed by atoms with Crippen molar-refractivity contribution in [2.24, 2.45) is 11.8 Å². The summed E-state index contributed by atoms with van der Waals surface area (Å²) in [6.45, 7) is 5.82. The van der Waals surface area contributed by atoms with Crippen LogP contribution in [0.25, 0.3) is 0 Å². The summed E-state index contributed by atoms with van der Waals surface area (Å²) in [5.74, 6) is 1.63. The number of aliphatic hydroxyl groups excluding tert-OH is 1. The molecule has 1 N–H and O–H groups in total. The number of nitrogens with zero attached hydrogens (tertiary/aromatic N) is 1. The average Bonchev–Trinajstić information content (AvgIpc) is 2.16. The molecule has 0 heterocycles. The highest BCUT2D eigenvalue weighted by Crippen LogP contribution is 2.30. The Bertz CT molecular complexity index is 188. The third-order valence-electron chi connectivity index (χ3n) is 3.63. The molecule has 1 rings (SSSR count). The molecule has 3 nitrogen and oxygen atoms in total. The van der Waals surface area contributed by atoms with Gasteiger partial charge >= 0.3 is 0 Å². The minimum absolute atomic E-state index is 0.359. The maximum atomic E-state index is 9.72. The first kappa shape index (κ1) is 13.9. The zero-order chi connectivity index (χ0) is 12.1. The van der Waals surface area contributed by atoms with Crippen LogP contribution in [0.5, 0.6) is 0 Å². The second-order valence-electron chi connectivity index (χ2n) is 5.62. The SMILES string of the molecule is COC[C@@H](O)CN(C)C1C[C@@H](C)C[C@@H](C)C1. The van der Waals surface area contributed by atoms with Gasteiger partial charge in [-0.25, -0.2) is 0 Å². The fourth-order valence-corrected chi connectivity index (χ4v) is 2.99. The van der Waals surface area contributed by atoms with Crippen LogP contribution >= 0.6 is 0 Å². The van der Waals surface area contributed by atoms with Gasteiger partial charge in [0.15, 0.2) is 0 Å².